The molecule has 26 heavy (non-hydrogen) atoms. The van der Waals surface area contributed by atoms with Crippen molar-refractivity contribution in [2.75, 3.05) is 0 Å². The first-order valence-electron chi connectivity index (χ1n) is 8.79. The minimum Gasteiger partial charge on any atom is -0.279 e. The van der Waals surface area contributed by atoms with Gasteiger partial charge in [0.2, 0.25) is 10.0 Å². The summed E-state index contributed by atoms with van der Waals surface area (Å²) >= 11 is 0. The Labute approximate surface area is 152 Å². The zero-order valence-electron chi connectivity index (χ0n) is 14.8. The lowest BCUT2D eigenvalue weighted by Crippen LogP contribution is -2.40. The van der Waals surface area contributed by atoms with Crippen LogP contribution in [0, 0.1) is 11.6 Å². The van der Waals surface area contributed by atoms with Crippen molar-refractivity contribution < 1.29 is 17.2 Å². The number of halogens is 2. The number of sulfonamides is 1. The normalized spacial score (nSPS) is 21.3. The van der Waals surface area contributed by atoms with Gasteiger partial charge >= 0.3 is 0 Å². The van der Waals surface area contributed by atoms with Crippen LogP contribution >= 0.6 is 0 Å². The van der Waals surface area contributed by atoms with Gasteiger partial charge < -0.3 is 0 Å². The average molecular weight is 383 g/mol. The lowest BCUT2D eigenvalue weighted by atomic mass is 9.84. The lowest BCUT2D eigenvalue weighted by Gasteiger charge is -2.28. The molecule has 142 valence electrons. The summed E-state index contributed by atoms with van der Waals surface area (Å²) in [4.78, 5) is 0. The predicted octanol–water partition coefficient (Wildman–Crippen LogP) is 3.71. The molecule has 0 amide bonds. The van der Waals surface area contributed by atoms with Gasteiger partial charge in [0.1, 0.15) is 11.5 Å². The number of nitrogens with one attached hydrogen (secondary N) is 2. The first kappa shape index (κ1) is 19.0. The van der Waals surface area contributed by atoms with Gasteiger partial charge in [0.25, 0.3) is 0 Å². The molecule has 8 heteroatoms. The molecule has 1 aromatic heterocycles. The van der Waals surface area contributed by atoms with Crippen LogP contribution in [-0.4, -0.2) is 29.9 Å². The molecule has 1 fully saturated rings. The van der Waals surface area contributed by atoms with E-state index in [1.165, 1.54) is 12.1 Å². The average Bonchev–Trinajstić information content (AvgIpc) is 2.97. The molecule has 0 spiro atoms. The van der Waals surface area contributed by atoms with E-state index in [0.717, 1.165) is 0 Å². The maximum absolute atomic E-state index is 14.8. The topological polar surface area (TPSA) is 74.8 Å². The van der Waals surface area contributed by atoms with Crippen molar-refractivity contribution in [3.8, 4) is 11.3 Å². The predicted molar refractivity (Wildman–Crippen MR) is 96.1 cm³/mol. The summed E-state index contributed by atoms with van der Waals surface area (Å²) in [5, 5.41) is 6.21. The molecule has 0 bridgehead atoms. The fourth-order valence-electron chi connectivity index (χ4n) is 3.31. The van der Waals surface area contributed by atoms with Crippen LogP contribution in [0.2, 0.25) is 0 Å². The number of hydrogen-bond acceptors (Lipinski definition) is 3. The van der Waals surface area contributed by atoms with E-state index in [0.29, 0.717) is 31.4 Å². The van der Waals surface area contributed by atoms with Crippen molar-refractivity contribution in [3.63, 3.8) is 0 Å². The van der Waals surface area contributed by atoms with Crippen LogP contribution in [0.3, 0.4) is 0 Å². The second-order valence-electron chi connectivity index (χ2n) is 7.04. The molecule has 0 radical (unpaired) electrons. The number of benzene rings is 1. The van der Waals surface area contributed by atoms with Gasteiger partial charge in [-0.2, -0.15) is 5.10 Å². The molecule has 0 atom stereocenters. The van der Waals surface area contributed by atoms with E-state index >= 15 is 0 Å². The van der Waals surface area contributed by atoms with Crippen molar-refractivity contribution in [1.29, 1.82) is 0 Å². The van der Waals surface area contributed by atoms with Gasteiger partial charge in [-0.25, -0.2) is 21.9 Å². The van der Waals surface area contributed by atoms with E-state index in [2.05, 4.69) is 14.9 Å². The van der Waals surface area contributed by atoms with Crippen molar-refractivity contribution in [2.45, 2.75) is 56.7 Å². The van der Waals surface area contributed by atoms with Crippen LogP contribution < -0.4 is 4.72 Å². The standard InChI is InChI=1S/C18H23F2N3O2S/c1-11(2)26(24,25)23-13-9-7-12(8-10-13)17-16(20)18(22-21-17)14-5-3-4-6-15(14)19/h3-6,11-13,23H,7-10H2,1-2H3,(H,21,22). The van der Waals surface area contributed by atoms with Gasteiger partial charge in [-0.1, -0.05) is 12.1 Å². The first-order valence-corrected chi connectivity index (χ1v) is 10.3. The molecule has 1 aromatic carbocycles. The molecule has 2 N–H and O–H groups in total. The number of hydrogen-bond donors (Lipinski definition) is 2. The van der Waals surface area contributed by atoms with E-state index in [1.54, 1.807) is 26.0 Å². The second-order valence-corrected chi connectivity index (χ2v) is 9.31. The van der Waals surface area contributed by atoms with E-state index in [9.17, 15) is 17.2 Å². The summed E-state index contributed by atoms with van der Waals surface area (Å²) in [5.41, 5.74) is 0.486. The van der Waals surface area contributed by atoms with E-state index in [4.69, 9.17) is 0 Å². The number of H-pyrrole nitrogens is 1. The Morgan fingerprint density at radius 2 is 1.81 bits per heavy atom. The third-order valence-corrected chi connectivity index (χ3v) is 6.85. The van der Waals surface area contributed by atoms with Crippen molar-refractivity contribution in [1.82, 2.24) is 14.9 Å². The highest BCUT2D eigenvalue weighted by atomic mass is 32.2. The molecular weight excluding hydrogens is 360 g/mol. The smallest absolute Gasteiger partial charge is 0.214 e. The summed E-state index contributed by atoms with van der Waals surface area (Å²) in [7, 11) is -3.31. The van der Waals surface area contributed by atoms with Gasteiger partial charge in [0, 0.05) is 17.5 Å². The molecule has 1 saturated carbocycles. The van der Waals surface area contributed by atoms with E-state index < -0.39 is 26.9 Å². The highest BCUT2D eigenvalue weighted by molar-refractivity contribution is 7.90. The lowest BCUT2D eigenvalue weighted by molar-refractivity contribution is 0.362. The summed E-state index contributed by atoms with van der Waals surface area (Å²) < 4.78 is 55.3. The highest BCUT2D eigenvalue weighted by Gasteiger charge is 2.30. The third kappa shape index (κ3) is 3.81. The SMILES string of the molecule is CC(C)S(=O)(=O)NC1CCC(c2[nH]nc(-c3ccccc3F)c2F)CC1. The van der Waals surface area contributed by atoms with Crippen LogP contribution in [0.5, 0.6) is 0 Å². The fraction of sp³-hybridized carbons (Fsp3) is 0.500. The maximum Gasteiger partial charge on any atom is 0.214 e. The molecule has 0 aliphatic heterocycles. The van der Waals surface area contributed by atoms with Gasteiger partial charge in [-0.05, 0) is 51.7 Å². The fourth-order valence-corrected chi connectivity index (χ4v) is 4.28. The maximum atomic E-state index is 14.8. The van der Waals surface area contributed by atoms with Gasteiger partial charge in [0.15, 0.2) is 5.82 Å². The second kappa shape index (κ2) is 7.44. The Morgan fingerprint density at radius 1 is 1.15 bits per heavy atom. The van der Waals surface area contributed by atoms with Gasteiger partial charge in [-0.3, -0.25) is 5.10 Å². The van der Waals surface area contributed by atoms with E-state index in [-0.39, 0.29) is 23.2 Å². The third-order valence-electron chi connectivity index (χ3n) is 4.95. The Morgan fingerprint density at radius 3 is 2.42 bits per heavy atom. The van der Waals surface area contributed by atoms with Crippen LogP contribution in [0.4, 0.5) is 8.78 Å². The van der Waals surface area contributed by atoms with Gasteiger partial charge in [0.05, 0.1) is 10.9 Å². The Kier molecular flexibility index (Phi) is 5.43. The molecule has 3 rings (SSSR count). The first-order chi connectivity index (χ1) is 12.3. The van der Waals surface area contributed by atoms with Crippen LogP contribution in [0.15, 0.2) is 24.3 Å². The highest BCUT2D eigenvalue weighted by Crippen LogP contribution is 2.36. The number of rotatable bonds is 5. The van der Waals surface area contributed by atoms with Crippen LogP contribution in [-0.2, 0) is 10.0 Å². The molecule has 0 unspecified atom stereocenters. The molecular formula is C18H23F2N3O2S. The zero-order chi connectivity index (χ0) is 18.9. The largest absolute Gasteiger partial charge is 0.279 e. The Bertz CT molecular complexity index is 872. The van der Waals surface area contributed by atoms with Crippen molar-refractivity contribution in [3.05, 3.63) is 41.6 Å². The van der Waals surface area contributed by atoms with Crippen molar-refractivity contribution >= 4 is 10.0 Å². The summed E-state index contributed by atoms with van der Waals surface area (Å²) in [6, 6.07) is 5.82. The Hall–Kier alpha value is -1.80. The number of nitrogens with zero attached hydrogens (tertiary/aromatic N) is 1. The number of aromatic nitrogens is 2. The molecule has 1 aliphatic rings. The minimum atomic E-state index is -3.31. The van der Waals surface area contributed by atoms with Crippen molar-refractivity contribution in [2.24, 2.45) is 0 Å². The summed E-state index contributed by atoms with van der Waals surface area (Å²) in [6.45, 7) is 3.27. The van der Waals surface area contributed by atoms with Gasteiger partial charge in [-0.15, -0.1) is 0 Å². The van der Waals surface area contributed by atoms with Crippen LogP contribution in [0.1, 0.15) is 51.1 Å². The molecule has 2 aromatic rings. The molecule has 0 saturated heterocycles. The summed E-state index contributed by atoms with van der Waals surface area (Å²) in [5.74, 6) is -1.12. The zero-order valence-corrected chi connectivity index (χ0v) is 15.6. The van der Waals surface area contributed by atoms with Crippen LogP contribution in [0.25, 0.3) is 11.3 Å². The Balaban J connectivity index is 1.70. The van der Waals surface area contributed by atoms with E-state index in [1.807, 2.05) is 0 Å². The molecule has 5 nitrogen and oxygen atoms in total. The quantitative estimate of drug-likeness (QED) is 0.827. The minimum absolute atomic E-state index is 0.0132. The monoisotopic (exact) mass is 383 g/mol. The summed E-state index contributed by atoms with van der Waals surface area (Å²) in [6.07, 6.45) is 2.54. The number of aromatic amines is 1. The molecule has 1 aliphatic carbocycles. The molecule has 1 heterocycles.